The highest BCUT2D eigenvalue weighted by atomic mass is 32.2. The van der Waals surface area contributed by atoms with Gasteiger partial charge in [0.15, 0.2) is 0 Å². The van der Waals surface area contributed by atoms with E-state index in [1.807, 2.05) is 12.1 Å². The molecule has 0 aliphatic rings. The lowest BCUT2D eigenvalue weighted by atomic mass is 10.2. The van der Waals surface area contributed by atoms with Crippen molar-refractivity contribution in [3.63, 3.8) is 0 Å². The molecule has 0 radical (unpaired) electrons. The van der Waals surface area contributed by atoms with Crippen LogP contribution in [-0.2, 0) is 0 Å². The van der Waals surface area contributed by atoms with Gasteiger partial charge in [-0.05, 0) is 48.2 Å². The molecule has 0 aliphatic carbocycles. The Morgan fingerprint density at radius 1 is 1.18 bits per heavy atom. The molecule has 0 atom stereocenters. The fourth-order valence-corrected chi connectivity index (χ4v) is 1.97. The minimum Gasteiger partial charge on any atom is -0.281 e. The molecule has 0 unspecified atom stereocenters. The first-order valence-corrected chi connectivity index (χ1v) is 5.81. The summed E-state index contributed by atoms with van der Waals surface area (Å²) in [5.74, 6) is 2.51. The number of rotatable bonds is 2. The molecule has 0 fully saturated rings. The summed E-state index contributed by atoms with van der Waals surface area (Å²) in [5.41, 5.74) is 1.39. The predicted molar refractivity (Wildman–Crippen MR) is 68.8 cm³/mol. The first-order valence-electron chi connectivity index (χ1n) is 4.99. The Kier molecular flexibility index (Phi) is 3.59. The maximum atomic E-state index is 11.9. The van der Waals surface area contributed by atoms with E-state index < -0.39 is 0 Å². The Bertz CT molecular complexity index is 555. The second-order valence-corrected chi connectivity index (χ2v) is 4.27. The van der Waals surface area contributed by atoms with E-state index in [4.69, 9.17) is 6.42 Å². The Labute approximate surface area is 104 Å². The molecule has 1 aromatic heterocycles. The van der Waals surface area contributed by atoms with E-state index in [1.165, 1.54) is 0 Å². The Hall–Kier alpha value is -2.05. The molecule has 2 rings (SSSR count). The summed E-state index contributed by atoms with van der Waals surface area (Å²) in [6.07, 6.45) is 6.91. The minimum atomic E-state index is -0.0349. The van der Waals surface area contributed by atoms with Crippen molar-refractivity contribution >= 4 is 16.9 Å². The first kappa shape index (κ1) is 11.4. The average Bonchev–Trinajstić information content (AvgIpc) is 2.40. The summed E-state index contributed by atoms with van der Waals surface area (Å²) in [5, 5.41) is 0.658. The van der Waals surface area contributed by atoms with Crippen molar-refractivity contribution in [2.24, 2.45) is 0 Å². The van der Waals surface area contributed by atoms with E-state index in [0.29, 0.717) is 10.6 Å². The second kappa shape index (κ2) is 5.33. The monoisotopic (exact) mass is 239 g/mol. The normalized spacial score (nSPS) is 9.59. The summed E-state index contributed by atoms with van der Waals surface area (Å²) in [4.78, 5) is 16.0. The van der Waals surface area contributed by atoms with Crippen molar-refractivity contribution < 1.29 is 4.79 Å². The molecule has 0 aliphatic heterocycles. The van der Waals surface area contributed by atoms with Gasteiger partial charge in [-0.25, -0.2) is 4.98 Å². The number of nitrogens with zero attached hydrogens (tertiary/aromatic N) is 1. The van der Waals surface area contributed by atoms with Crippen LogP contribution in [0.25, 0.3) is 0 Å². The number of thioether (sulfide) groups is 1. The molecule has 0 saturated heterocycles. The van der Waals surface area contributed by atoms with Gasteiger partial charge in [-0.2, -0.15) is 0 Å². The summed E-state index contributed by atoms with van der Waals surface area (Å²) in [6, 6.07) is 12.4. The summed E-state index contributed by atoms with van der Waals surface area (Å²) < 4.78 is 0. The van der Waals surface area contributed by atoms with Crippen LogP contribution < -0.4 is 0 Å². The first-order chi connectivity index (χ1) is 8.29. The van der Waals surface area contributed by atoms with Gasteiger partial charge >= 0.3 is 0 Å². The van der Waals surface area contributed by atoms with Crippen molar-refractivity contribution in [1.29, 1.82) is 0 Å². The van der Waals surface area contributed by atoms with Gasteiger partial charge < -0.3 is 0 Å². The molecule has 0 spiro atoms. The summed E-state index contributed by atoms with van der Waals surface area (Å²) >= 11 is 1.11. The van der Waals surface area contributed by atoms with E-state index in [1.54, 1.807) is 36.5 Å². The molecule has 3 heteroatoms. The highest BCUT2D eigenvalue weighted by Gasteiger charge is 2.08. The van der Waals surface area contributed by atoms with Gasteiger partial charge in [0.25, 0.3) is 0 Å². The second-order valence-electron chi connectivity index (χ2n) is 3.28. The van der Waals surface area contributed by atoms with Crippen LogP contribution in [-0.4, -0.2) is 10.1 Å². The van der Waals surface area contributed by atoms with Crippen LogP contribution in [0.1, 0.15) is 15.9 Å². The van der Waals surface area contributed by atoms with Crippen LogP contribution in [0.15, 0.2) is 53.7 Å². The van der Waals surface area contributed by atoms with Gasteiger partial charge in [0.1, 0.15) is 5.03 Å². The SMILES string of the molecule is C#Cc1ccc(C(=O)Sc2ccccn2)cc1. The van der Waals surface area contributed by atoms with E-state index in [-0.39, 0.29) is 5.12 Å². The molecule has 2 nitrogen and oxygen atoms in total. The van der Waals surface area contributed by atoms with Crippen LogP contribution in [0.3, 0.4) is 0 Å². The van der Waals surface area contributed by atoms with Crippen LogP contribution in [0, 0.1) is 12.3 Å². The van der Waals surface area contributed by atoms with Crippen molar-refractivity contribution in [1.82, 2.24) is 4.98 Å². The maximum Gasteiger partial charge on any atom is 0.225 e. The fourth-order valence-electron chi connectivity index (χ4n) is 1.26. The molecule has 0 N–H and O–H groups in total. The van der Waals surface area contributed by atoms with Crippen LogP contribution in [0.4, 0.5) is 0 Å². The average molecular weight is 239 g/mol. The van der Waals surface area contributed by atoms with Crippen molar-refractivity contribution in [3.8, 4) is 12.3 Å². The Balaban J connectivity index is 2.13. The molecular formula is C14H9NOS. The zero-order valence-corrected chi connectivity index (χ0v) is 9.78. The van der Waals surface area contributed by atoms with Gasteiger partial charge in [0, 0.05) is 17.3 Å². The van der Waals surface area contributed by atoms with Crippen molar-refractivity contribution in [2.75, 3.05) is 0 Å². The molecule has 82 valence electrons. The number of benzene rings is 1. The molecule has 1 aromatic carbocycles. The number of carbonyl (C=O) groups is 1. The van der Waals surface area contributed by atoms with Crippen molar-refractivity contribution in [3.05, 3.63) is 59.8 Å². The smallest absolute Gasteiger partial charge is 0.225 e. The Morgan fingerprint density at radius 2 is 1.94 bits per heavy atom. The Morgan fingerprint density at radius 3 is 2.53 bits per heavy atom. The van der Waals surface area contributed by atoms with Crippen LogP contribution in [0.2, 0.25) is 0 Å². The lowest BCUT2D eigenvalue weighted by Gasteiger charge is -2.00. The van der Waals surface area contributed by atoms with Gasteiger partial charge in [-0.1, -0.05) is 12.0 Å². The highest BCUT2D eigenvalue weighted by Crippen LogP contribution is 2.20. The molecule has 17 heavy (non-hydrogen) atoms. The van der Waals surface area contributed by atoms with Crippen LogP contribution >= 0.6 is 11.8 Å². The number of aromatic nitrogens is 1. The van der Waals surface area contributed by atoms with Gasteiger partial charge in [0.2, 0.25) is 5.12 Å². The lowest BCUT2D eigenvalue weighted by molar-refractivity contribution is 0.108. The minimum absolute atomic E-state index is 0.0349. The zero-order valence-electron chi connectivity index (χ0n) is 8.96. The van der Waals surface area contributed by atoms with E-state index in [0.717, 1.165) is 17.3 Å². The number of carbonyl (C=O) groups excluding carboxylic acids is 1. The molecule has 1 heterocycles. The number of terminal acetylenes is 1. The standard InChI is InChI=1S/C14H9NOS/c1-2-11-6-8-12(9-7-11)14(16)17-13-5-3-4-10-15-13/h1,3-10H. The van der Waals surface area contributed by atoms with Crippen molar-refractivity contribution in [2.45, 2.75) is 5.03 Å². The lowest BCUT2D eigenvalue weighted by Crippen LogP contribution is -1.93. The third-order valence-electron chi connectivity index (χ3n) is 2.12. The quantitative estimate of drug-likeness (QED) is 0.596. The molecule has 0 saturated carbocycles. The molecule has 2 aromatic rings. The predicted octanol–water partition coefficient (Wildman–Crippen LogP) is 3.00. The number of hydrogen-bond donors (Lipinski definition) is 0. The largest absolute Gasteiger partial charge is 0.281 e. The van der Waals surface area contributed by atoms with Gasteiger partial charge in [0.05, 0.1) is 0 Å². The third kappa shape index (κ3) is 2.96. The molecule has 0 amide bonds. The topological polar surface area (TPSA) is 30.0 Å². The van der Waals surface area contributed by atoms with E-state index in [2.05, 4.69) is 10.9 Å². The fraction of sp³-hybridized carbons (Fsp3) is 0. The van der Waals surface area contributed by atoms with Gasteiger partial charge in [-0.15, -0.1) is 6.42 Å². The van der Waals surface area contributed by atoms with E-state index in [9.17, 15) is 4.79 Å². The zero-order chi connectivity index (χ0) is 12.1. The number of pyridine rings is 1. The molecule has 0 bridgehead atoms. The van der Waals surface area contributed by atoms with Crippen LogP contribution in [0.5, 0.6) is 0 Å². The number of hydrogen-bond acceptors (Lipinski definition) is 3. The van der Waals surface area contributed by atoms with Gasteiger partial charge in [-0.3, -0.25) is 4.79 Å². The maximum absolute atomic E-state index is 11.9. The summed E-state index contributed by atoms with van der Waals surface area (Å²) in [7, 11) is 0. The highest BCUT2D eigenvalue weighted by molar-refractivity contribution is 8.14. The summed E-state index contributed by atoms with van der Waals surface area (Å²) in [6.45, 7) is 0. The van der Waals surface area contributed by atoms with E-state index >= 15 is 0 Å². The molecular weight excluding hydrogens is 230 g/mol. The third-order valence-corrected chi connectivity index (χ3v) is 2.99.